The first kappa shape index (κ1) is 34.6. The molecule has 0 saturated carbocycles. The Balaban J connectivity index is 1.65. The average Bonchev–Trinajstić information content (AvgIpc) is 2.89. The molecule has 2 aromatic carbocycles. The van der Waals surface area contributed by atoms with Gasteiger partial charge in [0.05, 0.1) is 43.0 Å². The maximum atomic E-state index is 12.6. The molecule has 8 nitrogen and oxygen atoms in total. The molecule has 0 bridgehead atoms. The van der Waals surface area contributed by atoms with Gasteiger partial charge in [-0.1, -0.05) is 60.7 Å². The molecule has 0 aromatic heterocycles. The Morgan fingerprint density at radius 1 is 0.786 bits per heavy atom. The minimum atomic E-state index is -0.566. The van der Waals surface area contributed by atoms with E-state index in [0.717, 1.165) is 33.4 Å². The molecule has 2 rings (SSSR count). The summed E-state index contributed by atoms with van der Waals surface area (Å²) in [6, 6.07) is 15.0. The zero-order valence-corrected chi connectivity index (χ0v) is 26.5. The minimum Gasteiger partial charge on any atom is -0.377 e. The molecule has 2 unspecified atom stereocenters. The molecule has 0 heterocycles. The van der Waals surface area contributed by atoms with Gasteiger partial charge in [0, 0.05) is 0 Å². The Morgan fingerprint density at radius 2 is 1.21 bits per heavy atom. The van der Waals surface area contributed by atoms with Crippen molar-refractivity contribution in [3.63, 3.8) is 0 Å². The summed E-state index contributed by atoms with van der Waals surface area (Å²) in [5, 5.41) is 11.9. The van der Waals surface area contributed by atoms with E-state index in [1.54, 1.807) is 6.61 Å². The van der Waals surface area contributed by atoms with Crippen molar-refractivity contribution < 1.29 is 19.1 Å². The highest BCUT2D eigenvalue weighted by Gasteiger charge is 2.25. The number of benzene rings is 2. The molecule has 0 spiro atoms. The van der Waals surface area contributed by atoms with E-state index in [1.807, 2.05) is 104 Å². The number of carbonyl (C=O) groups is 2. The number of hydrogen-bond donors (Lipinski definition) is 4. The highest BCUT2D eigenvalue weighted by molar-refractivity contribution is 5.76. The summed E-state index contributed by atoms with van der Waals surface area (Å²) in [4.78, 5) is 25.2. The number of hydrogen-bond acceptors (Lipinski definition) is 4. The lowest BCUT2D eigenvalue weighted by Gasteiger charge is -2.28. The molecule has 229 valence electrons. The van der Waals surface area contributed by atoms with Crippen molar-refractivity contribution in [1.29, 1.82) is 0 Å². The van der Waals surface area contributed by atoms with Crippen LogP contribution >= 0.6 is 0 Å². The topological polar surface area (TPSA) is 101 Å². The summed E-state index contributed by atoms with van der Waals surface area (Å²) in [6.45, 7) is 25.9. The Morgan fingerprint density at radius 3 is 1.64 bits per heavy atom. The Bertz CT molecular complexity index is 1140. The lowest BCUT2D eigenvalue weighted by atomic mass is 9.92. The first-order valence-corrected chi connectivity index (χ1v) is 14.3. The van der Waals surface area contributed by atoms with Gasteiger partial charge in [-0.05, 0) is 89.8 Å². The molecule has 2 aromatic rings. The van der Waals surface area contributed by atoms with E-state index in [9.17, 15) is 9.59 Å². The SMILES string of the molecule is C=C(C)c1cccc(C(C)(C)NC(=O)NC(C)CO[CH]COCC(C)NC(=O)NC(C)(C)c2cccc(C(=C)C)c2)c1. The monoisotopic (exact) mass is 577 g/mol. The molecule has 2 atom stereocenters. The molecule has 4 N–H and O–H groups in total. The van der Waals surface area contributed by atoms with Crippen molar-refractivity contribution in [3.05, 3.63) is 90.5 Å². The van der Waals surface area contributed by atoms with Gasteiger partial charge in [-0.15, -0.1) is 0 Å². The first-order valence-electron chi connectivity index (χ1n) is 14.3. The summed E-state index contributed by atoms with van der Waals surface area (Å²) in [5.74, 6) is 0. The van der Waals surface area contributed by atoms with Gasteiger partial charge in [0.15, 0.2) is 0 Å². The number of urea groups is 2. The van der Waals surface area contributed by atoms with Crippen LogP contribution in [0.25, 0.3) is 11.1 Å². The number of rotatable bonds is 15. The van der Waals surface area contributed by atoms with E-state index in [4.69, 9.17) is 9.47 Å². The van der Waals surface area contributed by atoms with Crippen LogP contribution in [0.4, 0.5) is 9.59 Å². The van der Waals surface area contributed by atoms with Crippen molar-refractivity contribution in [2.24, 2.45) is 0 Å². The zero-order valence-electron chi connectivity index (χ0n) is 26.5. The van der Waals surface area contributed by atoms with Crippen molar-refractivity contribution in [2.75, 3.05) is 19.8 Å². The fourth-order valence-corrected chi connectivity index (χ4v) is 4.22. The van der Waals surface area contributed by atoms with E-state index < -0.39 is 11.1 Å². The smallest absolute Gasteiger partial charge is 0.315 e. The van der Waals surface area contributed by atoms with Crippen LogP contribution < -0.4 is 21.3 Å². The summed E-state index contributed by atoms with van der Waals surface area (Å²) in [6.07, 6.45) is 0. The number of allylic oxidation sites excluding steroid dienone is 2. The fourth-order valence-electron chi connectivity index (χ4n) is 4.22. The maximum Gasteiger partial charge on any atom is 0.315 e. The Kier molecular flexibility index (Phi) is 12.8. The molecule has 8 heteroatoms. The van der Waals surface area contributed by atoms with Crippen LogP contribution in [0, 0.1) is 6.61 Å². The van der Waals surface area contributed by atoms with Gasteiger partial charge in [-0.3, -0.25) is 0 Å². The van der Waals surface area contributed by atoms with Crippen LogP contribution in [0.2, 0.25) is 0 Å². The molecule has 42 heavy (non-hydrogen) atoms. The molecule has 0 aliphatic heterocycles. The van der Waals surface area contributed by atoms with Crippen molar-refractivity contribution >= 4 is 23.2 Å². The van der Waals surface area contributed by atoms with E-state index in [0.29, 0.717) is 13.2 Å². The molecule has 1 radical (unpaired) electrons. The van der Waals surface area contributed by atoms with Gasteiger partial charge in [-0.2, -0.15) is 0 Å². The lowest BCUT2D eigenvalue weighted by Crippen LogP contribution is -2.50. The zero-order chi connectivity index (χ0) is 31.5. The molecule has 0 saturated heterocycles. The third-order valence-corrected chi connectivity index (χ3v) is 6.78. The van der Waals surface area contributed by atoms with Gasteiger partial charge < -0.3 is 30.7 Å². The third-order valence-electron chi connectivity index (χ3n) is 6.78. The quantitative estimate of drug-likeness (QED) is 0.182. The maximum absolute atomic E-state index is 12.6. The average molecular weight is 578 g/mol. The van der Waals surface area contributed by atoms with Crippen molar-refractivity contribution in [3.8, 4) is 0 Å². The summed E-state index contributed by atoms with van der Waals surface area (Å²) >= 11 is 0. The summed E-state index contributed by atoms with van der Waals surface area (Å²) in [5.41, 5.74) is 4.88. The molecule has 0 aliphatic rings. The largest absolute Gasteiger partial charge is 0.377 e. The third kappa shape index (κ3) is 11.3. The van der Waals surface area contributed by atoms with Gasteiger partial charge >= 0.3 is 12.1 Å². The van der Waals surface area contributed by atoms with Gasteiger partial charge in [0.2, 0.25) is 0 Å². The van der Waals surface area contributed by atoms with Crippen LogP contribution in [0.1, 0.15) is 77.6 Å². The summed E-state index contributed by atoms with van der Waals surface area (Å²) < 4.78 is 11.2. The number of ether oxygens (including phenoxy) is 2. The van der Waals surface area contributed by atoms with Crippen LogP contribution in [0.3, 0.4) is 0 Å². The normalized spacial score (nSPS) is 13.0. The van der Waals surface area contributed by atoms with Gasteiger partial charge in [-0.25, -0.2) is 9.59 Å². The number of amides is 4. The predicted octanol–water partition coefficient (Wildman–Crippen LogP) is 6.49. The van der Waals surface area contributed by atoms with Gasteiger partial charge in [0.25, 0.3) is 0 Å². The first-order chi connectivity index (χ1) is 19.6. The molecular weight excluding hydrogens is 528 g/mol. The number of nitrogens with one attached hydrogen (secondary N) is 4. The molecular formula is C34H49N4O4. The fraction of sp³-hybridized carbons (Fsp3) is 0.441. The standard InChI is InChI=1S/C34H49N4O4/c1-23(2)27-13-11-15-29(19-27)33(7,8)37-31(39)35-25(5)21-41-17-18-42-22-26(6)36-32(40)38-34(9,10)30-16-12-14-28(20-30)24(3)4/h11-17,19-20,25-26H,1,3,18,21-22H2,2,4-10H3,(H2,35,37,39)(H2,36,38,40). The second-order valence-corrected chi connectivity index (χ2v) is 12.0. The van der Waals surface area contributed by atoms with E-state index >= 15 is 0 Å². The van der Waals surface area contributed by atoms with Gasteiger partial charge in [0.1, 0.15) is 6.61 Å². The number of carbonyl (C=O) groups excluding carboxylic acids is 2. The van der Waals surface area contributed by atoms with E-state index in [-0.39, 0.29) is 30.8 Å². The predicted molar refractivity (Wildman–Crippen MR) is 172 cm³/mol. The Hall–Kier alpha value is -3.62. The van der Waals surface area contributed by atoms with Crippen LogP contribution in [0.15, 0.2) is 61.7 Å². The summed E-state index contributed by atoms with van der Waals surface area (Å²) in [7, 11) is 0. The molecule has 0 aliphatic carbocycles. The van der Waals surface area contributed by atoms with E-state index in [1.165, 1.54) is 0 Å². The highest BCUT2D eigenvalue weighted by Crippen LogP contribution is 2.24. The van der Waals surface area contributed by atoms with Crippen molar-refractivity contribution in [1.82, 2.24) is 21.3 Å². The van der Waals surface area contributed by atoms with Crippen LogP contribution in [-0.2, 0) is 20.6 Å². The Labute approximate surface area is 252 Å². The van der Waals surface area contributed by atoms with Crippen LogP contribution in [0.5, 0.6) is 0 Å². The van der Waals surface area contributed by atoms with Crippen molar-refractivity contribution in [2.45, 2.75) is 78.6 Å². The lowest BCUT2D eigenvalue weighted by molar-refractivity contribution is 0.0757. The highest BCUT2D eigenvalue weighted by atomic mass is 16.5. The second kappa shape index (κ2) is 15.6. The van der Waals surface area contributed by atoms with E-state index in [2.05, 4.69) is 34.4 Å². The second-order valence-electron chi connectivity index (χ2n) is 12.0. The minimum absolute atomic E-state index is 0.209. The van der Waals surface area contributed by atoms with Crippen LogP contribution in [-0.4, -0.2) is 44.0 Å². The molecule has 4 amide bonds. The molecule has 0 fully saturated rings.